The Morgan fingerprint density at radius 2 is 2.24 bits per heavy atom. The number of hydrogen-bond donors (Lipinski definition) is 1. The number of rotatable bonds is 5. The van der Waals surface area contributed by atoms with E-state index in [0.29, 0.717) is 13.1 Å². The van der Waals surface area contributed by atoms with E-state index < -0.39 is 0 Å². The summed E-state index contributed by atoms with van der Waals surface area (Å²) < 4.78 is 4.72. The van der Waals surface area contributed by atoms with Crippen molar-refractivity contribution in [2.24, 2.45) is 5.92 Å². The van der Waals surface area contributed by atoms with E-state index in [0.717, 1.165) is 19.4 Å². The lowest BCUT2D eigenvalue weighted by Gasteiger charge is -2.23. The third kappa shape index (κ3) is 3.70. The van der Waals surface area contributed by atoms with Gasteiger partial charge in [0.15, 0.2) is 0 Å². The Bertz CT molecular complexity index is 281. The average molecular weight is 242 g/mol. The summed E-state index contributed by atoms with van der Waals surface area (Å²) >= 11 is 0. The van der Waals surface area contributed by atoms with Gasteiger partial charge >= 0.3 is 5.97 Å². The Kier molecular flexibility index (Phi) is 5.41. The molecular formula is C12H22N2O3. The van der Waals surface area contributed by atoms with Gasteiger partial charge < -0.3 is 10.1 Å². The number of nitrogens with one attached hydrogen (secondary N) is 1. The van der Waals surface area contributed by atoms with Gasteiger partial charge in [0.1, 0.15) is 0 Å². The van der Waals surface area contributed by atoms with E-state index in [2.05, 4.69) is 5.32 Å². The molecule has 5 nitrogen and oxygen atoms in total. The largest absolute Gasteiger partial charge is 0.469 e. The fraction of sp³-hybridized carbons (Fsp3) is 0.833. The van der Waals surface area contributed by atoms with Crippen molar-refractivity contribution >= 4 is 11.9 Å². The van der Waals surface area contributed by atoms with E-state index in [1.54, 1.807) is 0 Å². The first kappa shape index (κ1) is 14.0. The van der Waals surface area contributed by atoms with Crippen LogP contribution in [0.4, 0.5) is 0 Å². The van der Waals surface area contributed by atoms with Gasteiger partial charge in [0.05, 0.1) is 19.1 Å². The minimum Gasteiger partial charge on any atom is -0.469 e. The van der Waals surface area contributed by atoms with Gasteiger partial charge in [-0.15, -0.1) is 0 Å². The van der Waals surface area contributed by atoms with E-state index >= 15 is 0 Å². The number of carbonyl (C=O) groups excluding carboxylic acids is 2. The van der Waals surface area contributed by atoms with Crippen molar-refractivity contribution in [1.82, 2.24) is 10.2 Å². The molecule has 0 bridgehead atoms. The lowest BCUT2D eigenvalue weighted by atomic mass is 10.1. The van der Waals surface area contributed by atoms with Gasteiger partial charge in [-0.25, -0.2) is 0 Å². The van der Waals surface area contributed by atoms with Crippen molar-refractivity contribution in [2.75, 3.05) is 26.7 Å². The van der Waals surface area contributed by atoms with Crippen LogP contribution in [-0.2, 0) is 14.3 Å². The van der Waals surface area contributed by atoms with Crippen LogP contribution in [0.1, 0.15) is 26.7 Å². The molecule has 0 spiro atoms. The molecule has 0 aliphatic carbocycles. The average Bonchev–Trinajstić information content (AvgIpc) is 2.83. The highest BCUT2D eigenvalue weighted by Gasteiger charge is 2.33. The zero-order valence-electron chi connectivity index (χ0n) is 10.9. The van der Waals surface area contributed by atoms with E-state index in [1.807, 2.05) is 18.7 Å². The van der Waals surface area contributed by atoms with E-state index in [9.17, 15) is 9.59 Å². The van der Waals surface area contributed by atoms with Crippen LogP contribution in [0.2, 0.25) is 0 Å². The number of methoxy groups -OCH3 is 1. The number of ether oxygens (including phenoxy) is 1. The van der Waals surface area contributed by atoms with Gasteiger partial charge in [0.25, 0.3) is 0 Å². The lowest BCUT2D eigenvalue weighted by molar-refractivity contribution is -0.145. The summed E-state index contributed by atoms with van der Waals surface area (Å²) in [6, 6.07) is -0.170. The van der Waals surface area contributed by atoms with E-state index in [1.165, 1.54) is 7.11 Å². The summed E-state index contributed by atoms with van der Waals surface area (Å²) in [4.78, 5) is 25.2. The zero-order valence-corrected chi connectivity index (χ0v) is 10.9. The van der Waals surface area contributed by atoms with Crippen molar-refractivity contribution in [2.45, 2.75) is 32.7 Å². The third-order valence-electron chi connectivity index (χ3n) is 3.23. The number of carbonyl (C=O) groups is 2. The SMILES string of the molecule is CCCNC(=O)C(C)N1CCC(C(=O)OC)C1. The summed E-state index contributed by atoms with van der Waals surface area (Å²) in [5.74, 6) is -0.215. The molecule has 0 aromatic rings. The molecule has 0 saturated carbocycles. The molecule has 98 valence electrons. The highest BCUT2D eigenvalue weighted by molar-refractivity contribution is 5.81. The van der Waals surface area contributed by atoms with Crippen LogP contribution in [0.15, 0.2) is 0 Å². The Balaban J connectivity index is 2.42. The number of hydrogen-bond acceptors (Lipinski definition) is 4. The molecule has 5 heteroatoms. The maximum atomic E-state index is 11.8. The van der Waals surface area contributed by atoms with E-state index in [4.69, 9.17) is 4.74 Å². The summed E-state index contributed by atoms with van der Waals surface area (Å²) in [7, 11) is 1.41. The van der Waals surface area contributed by atoms with Gasteiger partial charge in [-0.2, -0.15) is 0 Å². The number of nitrogens with zero attached hydrogens (tertiary/aromatic N) is 1. The van der Waals surface area contributed by atoms with Gasteiger partial charge in [-0.3, -0.25) is 14.5 Å². The molecule has 2 unspecified atom stereocenters. The molecule has 2 atom stereocenters. The molecule has 1 fully saturated rings. The second kappa shape index (κ2) is 6.59. The van der Waals surface area contributed by atoms with Gasteiger partial charge in [0.2, 0.25) is 5.91 Å². The molecule has 17 heavy (non-hydrogen) atoms. The molecule has 1 saturated heterocycles. The van der Waals surface area contributed by atoms with Crippen molar-refractivity contribution in [3.63, 3.8) is 0 Å². The Hall–Kier alpha value is -1.10. The van der Waals surface area contributed by atoms with Crippen molar-refractivity contribution in [1.29, 1.82) is 0 Å². The van der Waals surface area contributed by atoms with Crippen LogP contribution in [-0.4, -0.2) is 49.6 Å². The summed E-state index contributed by atoms with van der Waals surface area (Å²) in [6.07, 6.45) is 1.71. The third-order valence-corrected chi connectivity index (χ3v) is 3.23. The molecule has 1 aliphatic rings. The number of esters is 1. The van der Waals surface area contributed by atoms with Gasteiger partial charge in [0, 0.05) is 13.1 Å². The van der Waals surface area contributed by atoms with Crippen molar-refractivity contribution < 1.29 is 14.3 Å². The maximum Gasteiger partial charge on any atom is 0.310 e. The molecule has 1 amide bonds. The molecule has 0 aromatic heterocycles. The standard InChI is InChI=1S/C12H22N2O3/c1-4-6-13-11(15)9(2)14-7-5-10(8-14)12(16)17-3/h9-10H,4-8H2,1-3H3,(H,13,15). The normalized spacial score (nSPS) is 22.2. The van der Waals surface area contributed by atoms with Crippen molar-refractivity contribution in [3.05, 3.63) is 0 Å². The van der Waals surface area contributed by atoms with Crippen LogP contribution in [0.25, 0.3) is 0 Å². The number of amides is 1. The van der Waals surface area contributed by atoms with Crippen LogP contribution in [0.5, 0.6) is 0 Å². The molecule has 0 radical (unpaired) electrons. The first-order valence-electron chi connectivity index (χ1n) is 6.19. The van der Waals surface area contributed by atoms with Crippen LogP contribution >= 0.6 is 0 Å². The molecule has 1 rings (SSSR count). The highest BCUT2D eigenvalue weighted by atomic mass is 16.5. The van der Waals surface area contributed by atoms with Crippen LogP contribution in [0, 0.1) is 5.92 Å². The smallest absolute Gasteiger partial charge is 0.310 e. The van der Waals surface area contributed by atoms with Crippen molar-refractivity contribution in [3.8, 4) is 0 Å². The zero-order chi connectivity index (χ0) is 12.8. The minimum absolute atomic E-state index is 0.0392. The molecule has 1 heterocycles. The monoisotopic (exact) mass is 242 g/mol. The van der Waals surface area contributed by atoms with Gasteiger partial charge in [-0.1, -0.05) is 6.92 Å². The lowest BCUT2D eigenvalue weighted by Crippen LogP contribution is -2.44. The maximum absolute atomic E-state index is 11.8. The predicted molar refractivity (Wildman–Crippen MR) is 64.5 cm³/mol. The van der Waals surface area contributed by atoms with Gasteiger partial charge in [-0.05, 0) is 26.3 Å². The Labute approximate surface area is 102 Å². The summed E-state index contributed by atoms with van der Waals surface area (Å²) in [5.41, 5.74) is 0. The molecule has 0 aromatic carbocycles. The fourth-order valence-electron chi connectivity index (χ4n) is 2.06. The highest BCUT2D eigenvalue weighted by Crippen LogP contribution is 2.19. The second-order valence-electron chi connectivity index (χ2n) is 4.47. The van der Waals surface area contributed by atoms with Crippen LogP contribution in [0.3, 0.4) is 0 Å². The topological polar surface area (TPSA) is 58.6 Å². The molecule has 1 aliphatic heterocycles. The first-order valence-corrected chi connectivity index (χ1v) is 6.19. The fourth-order valence-corrected chi connectivity index (χ4v) is 2.06. The quantitative estimate of drug-likeness (QED) is 0.709. The minimum atomic E-state index is -0.173. The molecular weight excluding hydrogens is 220 g/mol. The summed E-state index contributed by atoms with van der Waals surface area (Å²) in [6.45, 7) is 6.00. The van der Waals surface area contributed by atoms with E-state index in [-0.39, 0.29) is 23.8 Å². The van der Waals surface area contributed by atoms with Crippen LogP contribution < -0.4 is 5.32 Å². The summed E-state index contributed by atoms with van der Waals surface area (Å²) in [5, 5.41) is 2.87. The second-order valence-corrected chi connectivity index (χ2v) is 4.47. The Morgan fingerprint density at radius 3 is 2.82 bits per heavy atom. The Morgan fingerprint density at radius 1 is 1.53 bits per heavy atom. The predicted octanol–water partition coefficient (Wildman–Crippen LogP) is 0.396. The molecule has 1 N–H and O–H groups in total. The number of likely N-dealkylation sites (tertiary alicyclic amines) is 1. The first-order chi connectivity index (χ1) is 8.10.